The van der Waals surface area contributed by atoms with E-state index < -0.39 is 6.36 Å². The highest BCUT2D eigenvalue weighted by Crippen LogP contribution is 2.26. The number of fused-ring (bicyclic) bond motifs is 1. The maximum absolute atomic E-state index is 12.4. The predicted molar refractivity (Wildman–Crippen MR) is 93.4 cm³/mol. The third kappa shape index (κ3) is 4.49. The molecule has 0 aliphatic heterocycles. The van der Waals surface area contributed by atoms with Crippen LogP contribution in [0.25, 0.3) is 10.9 Å². The molecule has 0 aliphatic rings. The normalized spacial score (nSPS) is 11.7. The van der Waals surface area contributed by atoms with Crippen molar-refractivity contribution in [2.75, 3.05) is 13.7 Å². The molecule has 0 saturated carbocycles. The van der Waals surface area contributed by atoms with Gasteiger partial charge in [-0.1, -0.05) is 18.2 Å². The minimum absolute atomic E-state index is 0.177. The second-order valence-corrected chi connectivity index (χ2v) is 5.81. The number of hydrogen-bond acceptors (Lipinski definition) is 3. The van der Waals surface area contributed by atoms with Gasteiger partial charge in [-0.25, -0.2) is 0 Å². The van der Waals surface area contributed by atoms with Crippen LogP contribution >= 0.6 is 0 Å². The zero-order valence-corrected chi connectivity index (χ0v) is 14.2. The highest BCUT2D eigenvalue weighted by molar-refractivity contribution is 5.84. The monoisotopic (exact) mass is 364 g/mol. The van der Waals surface area contributed by atoms with Crippen LogP contribution in [0.15, 0.2) is 48.7 Å². The highest BCUT2D eigenvalue weighted by Gasteiger charge is 2.31. The lowest BCUT2D eigenvalue weighted by molar-refractivity contribution is -0.274. The molecular weight excluding hydrogens is 345 g/mol. The van der Waals surface area contributed by atoms with Crippen LogP contribution in [0.1, 0.15) is 11.1 Å². The van der Waals surface area contributed by atoms with Gasteiger partial charge in [0.25, 0.3) is 0 Å². The minimum Gasteiger partial charge on any atom is -0.497 e. The molecule has 1 heterocycles. The molecule has 7 heteroatoms. The van der Waals surface area contributed by atoms with Crippen molar-refractivity contribution in [1.29, 1.82) is 0 Å². The van der Waals surface area contributed by atoms with Gasteiger partial charge in [-0.3, -0.25) is 0 Å². The molecule has 3 aromatic rings. The summed E-state index contributed by atoms with van der Waals surface area (Å²) in [6.07, 6.45) is -2.03. The van der Waals surface area contributed by atoms with Gasteiger partial charge in [0.2, 0.25) is 0 Å². The van der Waals surface area contributed by atoms with Gasteiger partial charge in [0.05, 0.1) is 7.11 Å². The summed E-state index contributed by atoms with van der Waals surface area (Å²) in [5.41, 5.74) is 2.60. The molecule has 138 valence electrons. The molecule has 0 aliphatic carbocycles. The van der Waals surface area contributed by atoms with Crippen LogP contribution in [0.5, 0.6) is 11.5 Å². The molecular formula is C19H19F3N2O2. The first-order valence-corrected chi connectivity index (χ1v) is 8.14. The van der Waals surface area contributed by atoms with Crippen LogP contribution in [-0.2, 0) is 13.0 Å². The van der Waals surface area contributed by atoms with Crippen molar-refractivity contribution in [3.8, 4) is 11.5 Å². The van der Waals surface area contributed by atoms with Crippen molar-refractivity contribution in [1.82, 2.24) is 10.3 Å². The smallest absolute Gasteiger partial charge is 0.497 e. The van der Waals surface area contributed by atoms with E-state index in [-0.39, 0.29) is 12.3 Å². The first kappa shape index (κ1) is 18.1. The van der Waals surface area contributed by atoms with E-state index in [2.05, 4.69) is 15.0 Å². The second kappa shape index (κ2) is 7.70. The molecule has 2 N–H and O–H groups in total. The van der Waals surface area contributed by atoms with Crippen molar-refractivity contribution >= 4 is 10.9 Å². The molecule has 1 aromatic heterocycles. The van der Waals surface area contributed by atoms with Crippen molar-refractivity contribution in [2.45, 2.75) is 19.3 Å². The standard InChI is InChI=1S/C19H19F3N2O2/c1-25-15-6-7-17-16(10-15)13(12-24-17)8-9-23-11-14-4-2-3-5-18(14)26-19(20,21)22/h2-7,10,12,23-24H,8-9,11H2,1H3. The molecule has 0 bridgehead atoms. The summed E-state index contributed by atoms with van der Waals surface area (Å²) in [4.78, 5) is 3.20. The molecule has 0 fully saturated rings. The molecule has 26 heavy (non-hydrogen) atoms. The lowest BCUT2D eigenvalue weighted by Gasteiger charge is -2.13. The van der Waals surface area contributed by atoms with Gasteiger partial charge in [-0.15, -0.1) is 13.2 Å². The topological polar surface area (TPSA) is 46.3 Å². The summed E-state index contributed by atoms with van der Waals surface area (Å²) in [5.74, 6) is 0.605. The zero-order valence-electron chi connectivity index (χ0n) is 14.2. The molecule has 2 aromatic carbocycles. The Morgan fingerprint density at radius 2 is 1.88 bits per heavy atom. The fraction of sp³-hybridized carbons (Fsp3) is 0.263. The number of methoxy groups -OCH3 is 1. The first-order chi connectivity index (χ1) is 12.5. The van der Waals surface area contributed by atoms with E-state index in [1.165, 1.54) is 12.1 Å². The Kier molecular flexibility index (Phi) is 5.37. The molecule has 0 spiro atoms. The van der Waals surface area contributed by atoms with Crippen LogP contribution < -0.4 is 14.8 Å². The maximum atomic E-state index is 12.4. The minimum atomic E-state index is -4.70. The van der Waals surface area contributed by atoms with Crippen molar-refractivity contribution < 1.29 is 22.6 Å². The number of ether oxygens (including phenoxy) is 2. The van der Waals surface area contributed by atoms with E-state index in [0.717, 1.165) is 28.6 Å². The Bertz CT molecular complexity index is 875. The Hall–Kier alpha value is -2.67. The molecule has 3 rings (SSSR count). The van der Waals surface area contributed by atoms with Gasteiger partial charge >= 0.3 is 6.36 Å². The van der Waals surface area contributed by atoms with Gasteiger partial charge < -0.3 is 19.8 Å². The number of alkyl halides is 3. The van der Waals surface area contributed by atoms with Gasteiger partial charge in [0.15, 0.2) is 0 Å². The number of para-hydroxylation sites is 1. The second-order valence-electron chi connectivity index (χ2n) is 5.81. The number of aromatic amines is 1. The van der Waals surface area contributed by atoms with Crippen LogP contribution in [0.3, 0.4) is 0 Å². The van der Waals surface area contributed by atoms with Crippen molar-refractivity contribution in [3.05, 3.63) is 59.8 Å². The van der Waals surface area contributed by atoms with E-state index in [1.807, 2.05) is 24.4 Å². The van der Waals surface area contributed by atoms with Crippen LogP contribution in [0.4, 0.5) is 13.2 Å². The third-order valence-electron chi connectivity index (χ3n) is 4.06. The lowest BCUT2D eigenvalue weighted by atomic mass is 10.1. The Morgan fingerprint density at radius 1 is 1.08 bits per heavy atom. The highest BCUT2D eigenvalue weighted by atomic mass is 19.4. The van der Waals surface area contributed by atoms with E-state index >= 15 is 0 Å². The van der Waals surface area contributed by atoms with E-state index in [9.17, 15) is 13.2 Å². The SMILES string of the molecule is COc1ccc2[nH]cc(CCNCc3ccccc3OC(F)(F)F)c2c1. The summed E-state index contributed by atoms with van der Waals surface area (Å²) >= 11 is 0. The van der Waals surface area contributed by atoms with Crippen LogP contribution in [-0.4, -0.2) is 25.0 Å². The molecule has 0 radical (unpaired) electrons. The zero-order chi connectivity index (χ0) is 18.6. The van der Waals surface area contributed by atoms with Gasteiger partial charge in [-0.05, 0) is 42.8 Å². The van der Waals surface area contributed by atoms with Crippen LogP contribution in [0.2, 0.25) is 0 Å². The Balaban J connectivity index is 1.60. The average molecular weight is 364 g/mol. The fourth-order valence-corrected chi connectivity index (χ4v) is 2.81. The molecule has 4 nitrogen and oxygen atoms in total. The van der Waals surface area contributed by atoms with Gasteiger partial charge in [0.1, 0.15) is 11.5 Å². The summed E-state index contributed by atoms with van der Waals surface area (Å²) in [5, 5.41) is 4.24. The van der Waals surface area contributed by atoms with Crippen LogP contribution in [0, 0.1) is 0 Å². The average Bonchev–Trinajstić information content (AvgIpc) is 3.01. The number of aromatic nitrogens is 1. The fourth-order valence-electron chi connectivity index (χ4n) is 2.81. The predicted octanol–water partition coefficient (Wildman–Crippen LogP) is 4.41. The molecule has 0 atom stereocenters. The van der Waals surface area contributed by atoms with E-state index in [0.29, 0.717) is 12.1 Å². The molecule has 0 unspecified atom stereocenters. The van der Waals surface area contributed by atoms with Crippen molar-refractivity contribution in [2.24, 2.45) is 0 Å². The summed E-state index contributed by atoms with van der Waals surface area (Å²) in [6.45, 7) is 0.905. The largest absolute Gasteiger partial charge is 0.573 e. The number of halogens is 3. The Labute approximate surface area is 148 Å². The number of nitrogens with one attached hydrogen (secondary N) is 2. The Morgan fingerprint density at radius 3 is 2.65 bits per heavy atom. The number of rotatable bonds is 7. The molecule has 0 saturated heterocycles. The lowest BCUT2D eigenvalue weighted by Crippen LogP contribution is -2.21. The van der Waals surface area contributed by atoms with E-state index in [1.54, 1.807) is 19.2 Å². The summed E-state index contributed by atoms with van der Waals surface area (Å²) < 4.78 is 46.7. The number of H-pyrrole nitrogens is 1. The first-order valence-electron chi connectivity index (χ1n) is 8.14. The van der Waals surface area contributed by atoms with Gasteiger partial charge in [0, 0.05) is 29.2 Å². The molecule has 0 amide bonds. The van der Waals surface area contributed by atoms with E-state index in [4.69, 9.17) is 4.74 Å². The number of hydrogen-bond donors (Lipinski definition) is 2. The summed E-state index contributed by atoms with van der Waals surface area (Å²) in [6, 6.07) is 11.9. The number of benzene rings is 2. The third-order valence-corrected chi connectivity index (χ3v) is 4.06. The maximum Gasteiger partial charge on any atom is 0.573 e. The van der Waals surface area contributed by atoms with Gasteiger partial charge in [-0.2, -0.15) is 0 Å². The summed E-state index contributed by atoms with van der Waals surface area (Å²) in [7, 11) is 1.62. The van der Waals surface area contributed by atoms with Crippen molar-refractivity contribution in [3.63, 3.8) is 0 Å². The quantitative estimate of drug-likeness (QED) is 0.611.